The van der Waals surface area contributed by atoms with Gasteiger partial charge in [0.15, 0.2) is 0 Å². The normalized spacial score (nSPS) is 11.7. The van der Waals surface area contributed by atoms with E-state index >= 15 is 0 Å². The van der Waals surface area contributed by atoms with Gasteiger partial charge < -0.3 is 24.3 Å². The Morgan fingerprint density at radius 2 is 1.32 bits per heavy atom. The van der Waals surface area contributed by atoms with Crippen LogP contribution < -0.4 is 20.9 Å². The van der Waals surface area contributed by atoms with Crippen molar-refractivity contribution in [2.24, 2.45) is 0 Å². The van der Waals surface area contributed by atoms with E-state index in [9.17, 15) is 31.2 Å². The smallest absolute Gasteiger partial charge is 0.379 e. The van der Waals surface area contributed by atoms with Gasteiger partial charge in [-0.3, -0.25) is 25.2 Å². The van der Waals surface area contributed by atoms with E-state index in [1.165, 1.54) is 85.7 Å². The van der Waals surface area contributed by atoms with Crippen LogP contribution >= 0.6 is 11.8 Å². The molecule has 0 spiro atoms. The molecule has 2 aromatic carbocycles. The number of thioether (sulfide) groups is 1. The predicted octanol–water partition coefficient (Wildman–Crippen LogP) is 5.90. The highest BCUT2D eigenvalue weighted by Crippen LogP contribution is 2.24. The van der Waals surface area contributed by atoms with Crippen molar-refractivity contribution < 1.29 is 50.1 Å². The van der Waals surface area contributed by atoms with E-state index in [4.69, 9.17) is 18.9 Å². The van der Waals surface area contributed by atoms with Crippen LogP contribution in [0, 0.1) is 6.92 Å². The summed E-state index contributed by atoms with van der Waals surface area (Å²) in [7, 11) is -4.08. The first-order valence-corrected chi connectivity index (χ1v) is 19.1. The lowest BCUT2D eigenvalue weighted by atomic mass is 10.1. The number of rotatable bonds is 27. The number of amides is 2. The number of hydrogen-bond acceptors (Lipinski definition) is 10. The molecule has 0 heterocycles. The number of unbranched alkanes of at least 4 members (excludes halogenated alkanes) is 5. The van der Waals surface area contributed by atoms with Crippen molar-refractivity contribution in [2.75, 3.05) is 79.8 Å². The third-order valence-corrected chi connectivity index (χ3v) is 9.17. The second-order valence-electron chi connectivity index (χ2n) is 11.1. The molecule has 0 saturated heterocycles. The highest BCUT2D eigenvalue weighted by atomic mass is 32.2. The average Bonchev–Trinajstić information content (AvgIpc) is 3.07. The lowest BCUT2D eigenvalue weighted by molar-refractivity contribution is -0.173. The SMILES string of the molecule is CCCCCCCCOCCOCCOCCOCCSCC(=O)Nc1cc(S(=O)(=O)Nc2ccc(NNC(=O)C(F)(F)F)cc2)ccc1C. The first-order chi connectivity index (χ1) is 23.9. The van der Waals surface area contributed by atoms with Gasteiger partial charge in [0.05, 0.1) is 62.6 Å². The number of carbonyl (C=O) groups excluding carboxylic acids is 2. The standard InChI is InChI=1S/C33H49F3N4O8S2/c1-3-4-5-6-7-8-15-45-16-17-46-18-19-47-20-21-48-22-23-49-25-31(41)37-30-24-29(14-9-26(30)2)50(43,44)40-28-12-10-27(11-13-28)38-39-32(42)33(34,35)36/h9-14,24,38,40H,3-8,15-23,25H2,1-2H3,(H,37,41)(H,39,42). The van der Waals surface area contributed by atoms with Crippen molar-refractivity contribution >= 4 is 50.7 Å². The summed E-state index contributed by atoms with van der Waals surface area (Å²) in [5.41, 5.74) is 4.80. The number of sulfonamides is 1. The van der Waals surface area contributed by atoms with Crippen LogP contribution in [0.3, 0.4) is 0 Å². The van der Waals surface area contributed by atoms with Crippen molar-refractivity contribution in [3.63, 3.8) is 0 Å². The molecule has 2 aromatic rings. The van der Waals surface area contributed by atoms with Gasteiger partial charge in [-0.05, 0) is 55.3 Å². The fraction of sp³-hybridized carbons (Fsp3) is 0.576. The predicted molar refractivity (Wildman–Crippen MR) is 189 cm³/mol. The molecular formula is C33H49F3N4O8S2. The number of ether oxygens (including phenoxy) is 4. The van der Waals surface area contributed by atoms with Gasteiger partial charge in [-0.25, -0.2) is 8.42 Å². The van der Waals surface area contributed by atoms with Crippen LogP contribution in [0.25, 0.3) is 0 Å². The van der Waals surface area contributed by atoms with Crippen molar-refractivity contribution in [3.05, 3.63) is 48.0 Å². The first-order valence-electron chi connectivity index (χ1n) is 16.5. The van der Waals surface area contributed by atoms with E-state index in [0.717, 1.165) is 13.0 Å². The Hall–Kier alpha value is -3.09. The molecule has 0 bridgehead atoms. The van der Waals surface area contributed by atoms with Crippen molar-refractivity contribution in [3.8, 4) is 0 Å². The summed E-state index contributed by atoms with van der Waals surface area (Å²) in [6.45, 7) is 8.10. The molecular weight excluding hydrogens is 702 g/mol. The number of nitrogens with one attached hydrogen (secondary N) is 4. The molecule has 282 valence electrons. The number of anilines is 3. The van der Waals surface area contributed by atoms with Crippen LogP contribution in [0.5, 0.6) is 0 Å². The van der Waals surface area contributed by atoms with Crippen LogP contribution in [0.15, 0.2) is 47.4 Å². The zero-order chi connectivity index (χ0) is 36.7. The zero-order valence-electron chi connectivity index (χ0n) is 28.6. The Morgan fingerprint density at radius 1 is 0.760 bits per heavy atom. The molecule has 2 rings (SSSR count). The molecule has 0 aliphatic heterocycles. The monoisotopic (exact) mass is 750 g/mol. The van der Waals surface area contributed by atoms with Crippen molar-refractivity contribution in [1.82, 2.24) is 5.43 Å². The lowest BCUT2D eigenvalue weighted by Gasteiger charge is -2.13. The number of aryl methyl sites for hydroxylation is 1. The Morgan fingerprint density at radius 3 is 1.94 bits per heavy atom. The molecule has 0 radical (unpaired) electrons. The molecule has 2 amide bonds. The number of alkyl halides is 3. The van der Waals surface area contributed by atoms with Gasteiger partial charge in [-0.2, -0.15) is 13.2 Å². The summed E-state index contributed by atoms with van der Waals surface area (Å²) in [5, 5.41) is 2.73. The largest absolute Gasteiger partial charge is 0.472 e. The number of hydrogen-bond donors (Lipinski definition) is 4. The molecule has 0 aromatic heterocycles. The van der Waals surface area contributed by atoms with E-state index < -0.39 is 22.1 Å². The maximum absolute atomic E-state index is 13.0. The van der Waals surface area contributed by atoms with E-state index in [1.54, 1.807) is 13.0 Å². The Kier molecular flexibility index (Phi) is 20.8. The number of hydrazine groups is 1. The molecule has 0 aliphatic carbocycles. The fourth-order valence-electron chi connectivity index (χ4n) is 4.15. The van der Waals surface area contributed by atoms with Gasteiger partial charge in [0, 0.05) is 23.7 Å². The second kappa shape index (κ2) is 24.2. The lowest BCUT2D eigenvalue weighted by Crippen LogP contribution is -2.40. The number of halogens is 3. The van der Waals surface area contributed by atoms with Crippen LogP contribution in [0.4, 0.5) is 30.2 Å². The summed E-state index contributed by atoms with van der Waals surface area (Å²) in [6.07, 6.45) is 2.39. The summed E-state index contributed by atoms with van der Waals surface area (Å²) >= 11 is 1.37. The number of benzene rings is 2. The van der Waals surface area contributed by atoms with Gasteiger partial charge in [-0.15, -0.1) is 11.8 Å². The minimum absolute atomic E-state index is 0.0941. The minimum Gasteiger partial charge on any atom is -0.379 e. The van der Waals surface area contributed by atoms with Crippen LogP contribution in [-0.2, 0) is 38.6 Å². The zero-order valence-corrected chi connectivity index (χ0v) is 30.2. The van der Waals surface area contributed by atoms with E-state index in [1.807, 2.05) is 0 Å². The molecule has 0 atom stereocenters. The molecule has 50 heavy (non-hydrogen) atoms. The van der Waals surface area contributed by atoms with Crippen LogP contribution in [-0.4, -0.2) is 90.8 Å². The first kappa shape index (κ1) is 43.1. The summed E-state index contributed by atoms with van der Waals surface area (Å²) in [6, 6.07) is 9.43. The molecule has 0 aliphatic rings. The third-order valence-electron chi connectivity index (χ3n) is 6.87. The third kappa shape index (κ3) is 18.8. The topological polar surface area (TPSA) is 153 Å². The Labute approximate surface area is 296 Å². The summed E-state index contributed by atoms with van der Waals surface area (Å²) in [4.78, 5) is 23.3. The van der Waals surface area contributed by atoms with E-state index in [2.05, 4.69) is 22.4 Å². The highest BCUT2D eigenvalue weighted by molar-refractivity contribution is 7.99. The van der Waals surface area contributed by atoms with Gasteiger partial charge in [0.2, 0.25) is 5.91 Å². The molecule has 0 unspecified atom stereocenters. The molecule has 17 heteroatoms. The Bertz CT molecular complexity index is 1380. The number of carbonyl (C=O) groups is 2. The highest BCUT2D eigenvalue weighted by Gasteiger charge is 2.38. The maximum Gasteiger partial charge on any atom is 0.472 e. The van der Waals surface area contributed by atoms with Gasteiger partial charge in [0.1, 0.15) is 0 Å². The van der Waals surface area contributed by atoms with Crippen molar-refractivity contribution in [2.45, 2.75) is 63.4 Å². The molecule has 0 saturated carbocycles. The molecule has 0 fully saturated rings. The fourth-order valence-corrected chi connectivity index (χ4v) is 5.88. The van der Waals surface area contributed by atoms with Gasteiger partial charge in [-0.1, -0.05) is 45.1 Å². The summed E-state index contributed by atoms with van der Waals surface area (Å²) < 4.78 is 87.4. The van der Waals surface area contributed by atoms with Gasteiger partial charge in [0.25, 0.3) is 10.0 Å². The van der Waals surface area contributed by atoms with Crippen LogP contribution in [0.1, 0.15) is 51.0 Å². The van der Waals surface area contributed by atoms with E-state index in [-0.39, 0.29) is 27.9 Å². The molecule has 12 nitrogen and oxygen atoms in total. The minimum atomic E-state index is -5.06. The molecule has 4 N–H and O–H groups in total. The summed E-state index contributed by atoms with van der Waals surface area (Å²) in [5.74, 6) is -1.77. The Balaban J connectivity index is 1.57. The van der Waals surface area contributed by atoms with Crippen LogP contribution in [0.2, 0.25) is 0 Å². The van der Waals surface area contributed by atoms with Crippen molar-refractivity contribution in [1.29, 1.82) is 0 Å². The second-order valence-corrected chi connectivity index (χ2v) is 13.8. The maximum atomic E-state index is 13.0. The van der Waals surface area contributed by atoms with E-state index in [0.29, 0.717) is 63.3 Å². The average molecular weight is 751 g/mol. The quantitative estimate of drug-likeness (QED) is 0.0642. The van der Waals surface area contributed by atoms with Gasteiger partial charge >= 0.3 is 12.1 Å².